The third-order valence-corrected chi connectivity index (χ3v) is 6.15. The first-order valence-corrected chi connectivity index (χ1v) is 11.3. The zero-order valence-corrected chi connectivity index (χ0v) is 19.9. The quantitative estimate of drug-likeness (QED) is 0.477. The summed E-state index contributed by atoms with van der Waals surface area (Å²) in [5.41, 5.74) is 1.52. The van der Waals surface area contributed by atoms with Crippen LogP contribution in [-0.2, 0) is 9.57 Å². The molecule has 1 saturated heterocycles. The summed E-state index contributed by atoms with van der Waals surface area (Å²) in [5, 5.41) is 5.53. The molecule has 0 spiro atoms. The maximum absolute atomic E-state index is 6.69. The summed E-state index contributed by atoms with van der Waals surface area (Å²) >= 11 is 0. The fraction of sp³-hybridized carbons (Fsp3) is 0.760. The maximum atomic E-state index is 6.69. The molecule has 1 heterocycles. The Morgan fingerprint density at radius 1 is 1.07 bits per heavy atom. The van der Waals surface area contributed by atoms with Gasteiger partial charge in [-0.3, -0.25) is 4.84 Å². The van der Waals surface area contributed by atoms with Crippen LogP contribution in [0, 0.1) is 5.41 Å². The molecule has 2 rings (SSSR count). The average molecular weight is 405 g/mol. The molecular formula is C25H44N2O2. The molecule has 166 valence electrons. The molecule has 1 atom stereocenters. The van der Waals surface area contributed by atoms with Gasteiger partial charge in [0.25, 0.3) is 0 Å². The van der Waals surface area contributed by atoms with Gasteiger partial charge in [0.05, 0.1) is 6.61 Å². The predicted molar refractivity (Wildman–Crippen MR) is 122 cm³/mol. The first-order chi connectivity index (χ1) is 13.6. The summed E-state index contributed by atoms with van der Waals surface area (Å²) in [5.74, 6) is 0. The summed E-state index contributed by atoms with van der Waals surface area (Å²) in [6.45, 7) is 16.2. The first kappa shape index (κ1) is 24.3. The van der Waals surface area contributed by atoms with Crippen LogP contribution >= 0.6 is 0 Å². The highest BCUT2D eigenvalue weighted by Gasteiger charge is 2.43. The minimum absolute atomic E-state index is 0.0198. The van der Waals surface area contributed by atoms with Gasteiger partial charge in [-0.15, -0.1) is 0 Å². The minimum Gasteiger partial charge on any atom is -0.378 e. The van der Waals surface area contributed by atoms with Crippen molar-refractivity contribution in [1.82, 2.24) is 10.4 Å². The van der Waals surface area contributed by atoms with E-state index in [1.165, 1.54) is 12.0 Å². The summed E-state index contributed by atoms with van der Waals surface area (Å²) in [4.78, 5) is 6.69. The average Bonchev–Trinajstić information content (AvgIpc) is 2.62. The van der Waals surface area contributed by atoms with E-state index < -0.39 is 0 Å². The number of hydrogen-bond donors (Lipinski definition) is 1. The van der Waals surface area contributed by atoms with Gasteiger partial charge < -0.3 is 10.1 Å². The number of rotatable bonds is 11. The van der Waals surface area contributed by atoms with Crippen molar-refractivity contribution in [2.45, 2.75) is 90.8 Å². The van der Waals surface area contributed by atoms with Crippen LogP contribution in [0.1, 0.15) is 85.3 Å². The van der Waals surface area contributed by atoms with Gasteiger partial charge in [0.1, 0.15) is 6.10 Å². The molecule has 1 fully saturated rings. The molecule has 1 aliphatic heterocycles. The lowest BCUT2D eigenvalue weighted by atomic mass is 9.82. The van der Waals surface area contributed by atoms with E-state index in [9.17, 15) is 0 Å². The second-order valence-corrected chi connectivity index (χ2v) is 10.7. The van der Waals surface area contributed by atoms with Crippen LogP contribution in [0.25, 0.3) is 0 Å². The SMILES string of the molecule is CNCC(C)(C)CCCOCC(ON1C(C)(C)CCCC1(C)C)c1ccccc1. The van der Waals surface area contributed by atoms with Crippen molar-refractivity contribution in [3.63, 3.8) is 0 Å². The summed E-state index contributed by atoms with van der Waals surface area (Å²) in [7, 11) is 2.02. The van der Waals surface area contributed by atoms with Gasteiger partial charge >= 0.3 is 0 Å². The molecule has 0 bridgehead atoms. The molecule has 29 heavy (non-hydrogen) atoms. The van der Waals surface area contributed by atoms with Crippen molar-refractivity contribution in [3.05, 3.63) is 35.9 Å². The molecule has 1 aromatic carbocycles. The Morgan fingerprint density at radius 2 is 1.69 bits per heavy atom. The summed E-state index contributed by atoms with van der Waals surface area (Å²) < 4.78 is 6.13. The lowest BCUT2D eigenvalue weighted by Gasteiger charge is -2.52. The monoisotopic (exact) mass is 404 g/mol. The van der Waals surface area contributed by atoms with Crippen molar-refractivity contribution in [1.29, 1.82) is 0 Å². The number of piperidine rings is 1. The van der Waals surface area contributed by atoms with Crippen LogP contribution in [0.2, 0.25) is 0 Å². The molecule has 1 unspecified atom stereocenters. The van der Waals surface area contributed by atoms with Crippen molar-refractivity contribution in [2.75, 3.05) is 26.8 Å². The van der Waals surface area contributed by atoms with E-state index in [2.05, 4.69) is 82.3 Å². The molecule has 0 aromatic heterocycles. The zero-order valence-electron chi connectivity index (χ0n) is 19.9. The molecule has 0 saturated carbocycles. The summed E-state index contributed by atoms with van der Waals surface area (Å²) in [6.07, 6.45) is 5.68. The number of benzene rings is 1. The van der Waals surface area contributed by atoms with Gasteiger partial charge in [0, 0.05) is 17.7 Å². The second-order valence-electron chi connectivity index (χ2n) is 10.7. The largest absolute Gasteiger partial charge is 0.378 e. The van der Waals surface area contributed by atoms with E-state index in [1.807, 2.05) is 7.05 Å². The van der Waals surface area contributed by atoms with Crippen LogP contribution in [0.4, 0.5) is 0 Å². The van der Waals surface area contributed by atoms with Crippen molar-refractivity contribution in [3.8, 4) is 0 Å². The number of nitrogens with zero attached hydrogens (tertiary/aromatic N) is 1. The Kier molecular flexibility index (Phi) is 8.72. The standard InChI is InChI=1S/C25H44N2O2/c1-23(2,20-26-7)15-12-18-28-19-22(21-13-9-8-10-14-21)29-27-24(3,4)16-11-17-25(27,5)6/h8-10,13-14,22,26H,11-12,15-20H2,1-7H3. The first-order valence-electron chi connectivity index (χ1n) is 11.3. The normalized spacial score (nSPS) is 20.5. The van der Waals surface area contributed by atoms with E-state index in [1.54, 1.807) is 0 Å². The summed E-state index contributed by atoms with van der Waals surface area (Å²) in [6, 6.07) is 10.5. The number of hydrogen-bond acceptors (Lipinski definition) is 4. The smallest absolute Gasteiger partial charge is 0.128 e. The highest BCUT2D eigenvalue weighted by molar-refractivity contribution is 5.17. The van der Waals surface area contributed by atoms with E-state index in [-0.39, 0.29) is 17.2 Å². The fourth-order valence-corrected chi connectivity index (χ4v) is 4.65. The van der Waals surface area contributed by atoms with Crippen molar-refractivity contribution < 1.29 is 9.57 Å². The Labute approximate surface area is 179 Å². The Morgan fingerprint density at radius 3 is 2.28 bits per heavy atom. The van der Waals surface area contributed by atoms with Gasteiger partial charge in [-0.05, 0) is 84.4 Å². The molecule has 0 radical (unpaired) electrons. The molecule has 0 amide bonds. The number of nitrogens with one attached hydrogen (secondary N) is 1. The van der Waals surface area contributed by atoms with Gasteiger partial charge in [0.2, 0.25) is 0 Å². The lowest BCUT2D eigenvalue weighted by molar-refractivity contribution is -0.312. The molecule has 4 nitrogen and oxygen atoms in total. The maximum Gasteiger partial charge on any atom is 0.128 e. The van der Waals surface area contributed by atoms with Crippen LogP contribution in [0.15, 0.2) is 30.3 Å². The van der Waals surface area contributed by atoms with Gasteiger partial charge in [0.15, 0.2) is 0 Å². The number of ether oxygens (including phenoxy) is 1. The molecule has 1 aliphatic rings. The highest BCUT2D eigenvalue weighted by atomic mass is 16.7. The third-order valence-electron chi connectivity index (χ3n) is 6.15. The molecular weight excluding hydrogens is 360 g/mol. The van der Waals surface area contributed by atoms with Crippen molar-refractivity contribution in [2.24, 2.45) is 5.41 Å². The Bertz CT molecular complexity index is 582. The highest BCUT2D eigenvalue weighted by Crippen LogP contribution is 2.40. The minimum atomic E-state index is -0.0850. The number of hydroxylamine groups is 2. The van der Waals surface area contributed by atoms with Gasteiger partial charge in [-0.1, -0.05) is 44.2 Å². The van der Waals surface area contributed by atoms with Crippen LogP contribution in [0.3, 0.4) is 0 Å². The van der Waals surface area contributed by atoms with Crippen LogP contribution in [-0.4, -0.2) is 42.9 Å². The molecule has 0 aliphatic carbocycles. The van der Waals surface area contributed by atoms with E-state index in [0.717, 1.165) is 38.8 Å². The Hall–Kier alpha value is -0.940. The zero-order chi connectivity index (χ0) is 21.5. The lowest BCUT2D eigenvalue weighted by Crippen LogP contribution is -2.58. The van der Waals surface area contributed by atoms with E-state index in [4.69, 9.17) is 9.57 Å². The predicted octanol–water partition coefficient (Wildman–Crippen LogP) is 5.74. The van der Waals surface area contributed by atoms with Crippen LogP contribution < -0.4 is 5.32 Å². The molecule has 1 aromatic rings. The second kappa shape index (κ2) is 10.4. The van der Waals surface area contributed by atoms with E-state index in [0.29, 0.717) is 12.0 Å². The van der Waals surface area contributed by atoms with Gasteiger partial charge in [-0.2, -0.15) is 5.06 Å². The molecule has 4 heteroatoms. The van der Waals surface area contributed by atoms with Gasteiger partial charge in [-0.25, -0.2) is 0 Å². The fourth-order valence-electron chi connectivity index (χ4n) is 4.65. The Balaban J connectivity index is 1.99. The third kappa shape index (κ3) is 7.36. The van der Waals surface area contributed by atoms with E-state index >= 15 is 0 Å². The van der Waals surface area contributed by atoms with Crippen molar-refractivity contribution >= 4 is 0 Å². The topological polar surface area (TPSA) is 33.7 Å². The molecule has 1 N–H and O–H groups in total. The van der Waals surface area contributed by atoms with Crippen LogP contribution in [0.5, 0.6) is 0 Å².